The topological polar surface area (TPSA) is 53.6 Å². The number of amides is 1. The van der Waals surface area contributed by atoms with Crippen LogP contribution in [0.2, 0.25) is 0 Å². The molecule has 102 valence electrons. The predicted octanol–water partition coefficient (Wildman–Crippen LogP) is 0.606. The van der Waals surface area contributed by atoms with Gasteiger partial charge in [-0.2, -0.15) is 0 Å². The number of fused-ring (bicyclic) bond motifs is 1. The lowest BCUT2D eigenvalue weighted by atomic mass is 10.1. The molecule has 1 unspecified atom stereocenters. The maximum atomic E-state index is 11.6. The van der Waals surface area contributed by atoms with Crippen LogP contribution in [0, 0.1) is 0 Å². The Balaban J connectivity index is 1.63. The van der Waals surface area contributed by atoms with Crippen LogP contribution in [0.15, 0.2) is 18.2 Å². The molecule has 2 aliphatic rings. The quantitative estimate of drug-likeness (QED) is 0.837. The van der Waals surface area contributed by atoms with Gasteiger partial charge in [0, 0.05) is 38.1 Å². The minimum Gasteiger partial charge on any atom is -0.382 e. The highest BCUT2D eigenvalue weighted by Crippen LogP contribution is 2.29. The van der Waals surface area contributed by atoms with Crippen LogP contribution in [0.25, 0.3) is 0 Å². The number of carbonyl (C=O) groups is 1. The number of nitrogens with zero attached hydrogens (tertiary/aromatic N) is 1. The highest BCUT2D eigenvalue weighted by atomic mass is 16.5. The van der Waals surface area contributed by atoms with E-state index in [4.69, 9.17) is 4.74 Å². The average molecular weight is 261 g/mol. The maximum absolute atomic E-state index is 11.6. The van der Waals surface area contributed by atoms with Crippen LogP contribution in [-0.4, -0.2) is 45.3 Å². The van der Waals surface area contributed by atoms with Gasteiger partial charge in [-0.3, -0.25) is 4.79 Å². The monoisotopic (exact) mass is 261 g/mol. The molecular formula is C14H19N3O2. The molecule has 2 aliphatic heterocycles. The highest BCUT2D eigenvalue weighted by molar-refractivity contribution is 6.01. The zero-order valence-corrected chi connectivity index (χ0v) is 11.1. The summed E-state index contributed by atoms with van der Waals surface area (Å²) in [5.74, 6) is 0.159. The van der Waals surface area contributed by atoms with Gasteiger partial charge in [-0.15, -0.1) is 0 Å². The molecule has 0 bridgehead atoms. The van der Waals surface area contributed by atoms with Gasteiger partial charge in [0.1, 0.15) is 0 Å². The van der Waals surface area contributed by atoms with Gasteiger partial charge in [-0.05, 0) is 23.8 Å². The van der Waals surface area contributed by atoms with E-state index in [0.29, 0.717) is 6.42 Å². The molecule has 1 atom stereocenters. The Kier molecular flexibility index (Phi) is 3.40. The van der Waals surface area contributed by atoms with Crippen LogP contribution in [0.5, 0.6) is 0 Å². The van der Waals surface area contributed by atoms with Crippen molar-refractivity contribution in [3.63, 3.8) is 0 Å². The first-order chi connectivity index (χ1) is 9.24. The molecule has 1 fully saturated rings. The van der Waals surface area contributed by atoms with Crippen molar-refractivity contribution in [2.45, 2.75) is 12.5 Å². The summed E-state index contributed by atoms with van der Waals surface area (Å²) in [5.41, 5.74) is 3.17. The van der Waals surface area contributed by atoms with Crippen molar-refractivity contribution < 1.29 is 9.53 Å². The molecule has 5 nitrogen and oxygen atoms in total. The summed E-state index contributed by atoms with van der Waals surface area (Å²) in [6.07, 6.45) is 0.717. The third kappa shape index (κ3) is 2.57. The summed E-state index contributed by atoms with van der Waals surface area (Å²) in [6.45, 7) is 3.38. The van der Waals surface area contributed by atoms with Gasteiger partial charge < -0.3 is 20.3 Å². The van der Waals surface area contributed by atoms with Crippen LogP contribution in [0.3, 0.4) is 0 Å². The van der Waals surface area contributed by atoms with Gasteiger partial charge in [-0.1, -0.05) is 0 Å². The fourth-order valence-electron chi connectivity index (χ4n) is 2.56. The number of nitrogens with one attached hydrogen (secondary N) is 2. The van der Waals surface area contributed by atoms with E-state index in [1.807, 2.05) is 19.2 Å². The lowest BCUT2D eigenvalue weighted by molar-refractivity contribution is -0.117. The lowest BCUT2D eigenvalue weighted by Gasteiger charge is -2.24. The first kappa shape index (κ1) is 12.4. The molecule has 0 aromatic heterocycles. The average Bonchev–Trinajstić information content (AvgIpc) is 2.73. The van der Waals surface area contributed by atoms with E-state index in [-0.39, 0.29) is 12.0 Å². The number of hydrogen-bond acceptors (Lipinski definition) is 4. The van der Waals surface area contributed by atoms with Crippen molar-refractivity contribution in [2.24, 2.45) is 0 Å². The lowest BCUT2D eigenvalue weighted by Crippen LogP contribution is -2.42. The van der Waals surface area contributed by atoms with Gasteiger partial charge in [0.05, 0.1) is 19.1 Å². The molecule has 1 amide bonds. The number of rotatable bonds is 3. The second kappa shape index (κ2) is 5.19. The second-order valence-electron chi connectivity index (χ2n) is 5.05. The molecule has 0 saturated carbocycles. The van der Waals surface area contributed by atoms with Crippen molar-refractivity contribution in [3.8, 4) is 0 Å². The molecule has 5 heteroatoms. The minimum absolute atomic E-state index is 0.159. The third-order valence-corrected chi connectivity index (χ3v) is 3.69. The Bertz CT molecular complexity index is 484. The van der Waals surface area contributed by atoms with E-state index in [2.05, 4.69) is 16.7 Å². The number of ether oxygens (including phenoxy) is 1. The van der Waals surface area contributed by atoms with Crippen LogP contribution < -0.4 is 15.5 Å². The Morgan fingerprint density at radius 3 is 3.21 bits per heavy atom. The number of likely N-dealkylation sites (N-methyl/N-ethyl adjacent to an activating group) is 1. The molecule has 2 N–H and O–H groups in total. The third-order valence-electron chi connectivity index (χ3n) is 3.69. The molecule has 0 aliphatic carbocycles. The van der Waals surface area contributed by atoms with Crippen molar-refractivity contribution in [1.82, 2.24) is 5.32 Å². The smallest absolute Gasteiger partial charge is 0.231 e. The number of carbonyl (C=O) groups excluding carboxylic acids is 1. The number of benzene rings is 1. The first-order valence-corrected chi connectivity index (χ1v) is 6.70. The standard InChI is InChI=1S/C14H19N3O2/c1-17-13-3-2-11(6-10(13)7-14(17)18)16-9-12-8-15-4-5-19-12/h2-3,6,12,15-16H,4-5,7-9H2,1H3. The molecule has 1 saturated heterocycles. The first-order valence-electron chi connectivity index (χ1n) is 6.70. The van der Waals surface area contributed by atoms with Crippen LogP contribution in [0.4, 0.5) is 11.4 Å². The van der Waals surface area contributed by atoms with Crippen molar-refractivity contribution in [2.75, 3.05) is 43.5 Å². The van der Waals surface area contributed by atoms with E-state index in [1.165, 1.54) is 0 Å². The molecule has 19 heavy (non-hydrogen) atoms. The van der Waals surface area contributed by atoms with Crippen molar-refractivity contribution >= 4 is 17.3 Å². The second-order valence-corrected chi connectivity index (χ2v) is 5.05. The van der Waals surface area contributed by atoms with E-state index in [1.54, 1.807) is 4.90 Å². The SMILES string of the molecule is CN1C(=O)Cc2cc(NCC3CNCCO3)ccc21. The number of hydrogen-bond donors (Lipinski definition) is 2. The largest absolute Gasteiger partial charge is 0.382 e. The number of morpholine rings is 1. The molecule has 2 heterocycles. The fourth-order valence-corrected chi connectivity index (χ4v) is 2.56. The summed E-state index contributed by atoms with van der Waals surface area (Å²) < 4.78 is 5.64. The van der Waals surface area contributed by atoms with E-state index in [0.717, 1.165) is 43.2 Å². The summed E-state index contributed by atoms with van der Waals surface area (Å²) in [6, 6.07) is 6.08. The Morgan fingerprint density at radius 2 is 2.42 bits per heavy atom. The summed E-state index contributed by atoms with van der Waals surface area (Å²) in [5, 5.41) is 6.69. The molecule has 0 radical (unpaired) electrons. The zero-order valence-electron chi connectivity index (χ0n) is 11.1. The van der Waals surface area contributed by atoms with Gasteiger partial charge in [-0.25, -0.2) is 0 Å². The Morgan fingerprint density at radius 1 is 1.53 bits per heavy atom. The van der Waals surface area contributed by atoms with E-state index < -0.39 is 0 Å². The van der Waals surface area contributed by atoms with Crippen LogP contribution >= 0.6 is 0 Å². The predicted molar refractivity (Wildman–Crippen MR) is 74.7 cm³/mol. The maximum Gasteiger partial charge on any atom is 0.231 e. The molecular weight excluding hydrogens is 242 g/mol. The molecule has 1 aromatic carbocycles. The zero-order chi connectivity index (χ0) is 13.2. The van der Waals surface area contributed by atoms with Gasteiger partial charge >= 0.3 is 0 Å². The van der Waals surface area contributed by atoms with Crippen molar-refractivity contribution in [1.29, 1.82) is 0 Å². The molecule has 0 spiro atoms. The highest BCUT2D eigenvalue weighted by Gasteiger charge is 2.23. The van der Waals surface area contributed by atoms with Gasteiger partial charge in [0.15, 0.2) is 0 Å². The van der Waals surface area contributed by atoms with Gasteiger partial charge in [0.25, 0.3) is 0 Å². The van der Waals surface area contributed by atoms with Crippen LogP contribution in [-0.2, 0) is 16.0 Å². The summed E-state index contributed by atoms with van der Waals surface area (Å²) in [4.78, 5) is 13.3. The van der Waals surface area contributed by atoms with Gasteiger partial charge in [0.2, 0.25) is 5.91 Å². The number of anilines is 2. The van der Waals surface area contributed by atoms with E-state index >= 15 is 0 Å². The van der Waals surface area contributed by atoms with Crippen LogP contribution in [0.1, 0.15) is 5.56 Å². The van der Waals surface area contributed by atoms with E-state index in [9.17, 15) is 4.79 Å². The molecule has 3 rings (SSSR count). The Hall–Kier alpha value is -1.59. The fraction of sp³-hybridized carbons (Fsp3) is 0.500. The minimum atomic E-state index is 0.159. The Labute approximate surface area is 112 Å². The summed E-state index contributed by atoms with van der Waals surface area (Å²) >= 11 is 0. The molecule has 1 aromatic rings. The normalized spacial score (nSPS) is 22.5. The van der Waals surface area contributed by atoms with Crippen molar-refractivity contribution in [3.05, 3.63) is 23.8 Å². The summed E-state index contributed by atoms with van der Waals surface area (Å²) in [7, 11) is 1.82.